The number of pyridine rings is 1. The van der Waals surface area contributed by atoms with E-state index in [1.165, 1.54) is 12.1 Å². The van der Waals surface area contributed by atoms with E-state index in [0.717, 1.165) is 41.3 Å². The number of hydrogen-bond donors (Lipinski definition) is 1. The molecule has 3 aromatic rings. The van der Waals surface area contributed by atoms with E-state index in [-0.39, 0.29) is 29.2 Å². The van der Waals surface area contributed by atoms with E-state index in [1.807, 2.05) is 30.3 Å². The van der Waals surface area contributed by atoms with Crippen molar-refractivity contribution in [3.63, 3.8) is 0 Å². The molecule has 2 aliphatic rings. The van der Waals surface area contributed by atoms with Crippen LogP contribution in [0, 0.1) is 0 Å². The maximum atomic E-state index is 13.7. The highest BCUT2D eigenvalue weighted by atomic mass is 35.5. The first kappa shape index (κ1) is 21.3. The Morgan fingerprint density at radius 1 is 1.09 bits per heavy atom. The number of halogens is 4. The van der Waals surface area contributed by atoms with Crippen LogP contribution in [0.4, 0.5) is 13.2 Å². The molecule has 1 aromatic heterocycles. The Morgan fingerprint density at radius 2 is 1.84 bits per heavy atom. The normalized spacial score (nSPS) is 22.6. The fourth-order valence-electron chi connectivity index (χ4n) is 4.45. The van der Waals surface area contributed by atoms with Crippen LogP contribution >= 0.6 is 11.6 Å². The van der Waals surface area contributed by atoms with Gasteiger partial charge in [0.1, 0.15) is 5.75 Å². The van der Waals surface area contributed by atoms with Gasteiger partial charge in [-0.3, -0.25) is 4.98 Å². The SMILES string of the molecule is NC1CC1(Cc1cc(Cl)ccc1C(F)(F)F)c1cnccc1-c1ccccc1OC1CC1. The lowest BCUT2D eigenvalue weighted by atomic mass is 9.83. The summed E-state index contributed by atoms with van der Waals surface area (Å²) in [6.45, 7) is 0. The smallest absolute Gasteiger partial charge is 0.416 e. The lowest BCUT2D eigenvalue weighted by Gasteiger charge is -2.23. The van der Waals surface area contributed by atoms with Crippen molar-refractivity contribution in [1.29, 1.82) is 0 Å². The first-order valence-corrected chi connectivity index (χ1v) is 11.0. The van der Waals surface area contributed by atoms with Gasteiger partial charge in [-0.2, -0.15) is 13.2 Å². The van der Waals surface area contributed by atoms with E-state index in [4.69, 9.17) is 22.1 Å². The third kappa shape index (κ3) is 3.97. The number of hydrogen-bond acceptors (Lipinski definition) is 3. The summed E-state index contributed by atoms with van der Waals surface area (Å²) in [5.74, 6) is 0.769. The van der Waals surface area contributed by atoms with Crippen LogP contribution in [0.1, 0.15) is 36.0 Å². The van der Waals surface area contributed by atoms with E-state index in [9.17, 15) is 13.2 Å². The van der Waals surface area contributed by atoms with Crippen LogP contribution < -0.4 is 10.5 Å². The number of aromatic nitrogens is 1. The molecule has 7 heteroatoms. The van der Waals surface area contributed by atoms with Crippen molar-refractivity contribution >= 4 is 11.6 Å². The van der Waals surface area contributed by atoms with Gasteiger partial charge in [0.05, 0.1) is 11.7 Å². The van der Waals surface area contributed by atoms with Gasteiger partial charge in [0.25, 0.3) is 0 Å². The largest absolute Gasteiger partial charge is 0.490 e. The molecule has 2 saturated carbocycles. The molecule has 2 aromatic carbocycles. The Bertz CT molecular complexity index is 1160. The lowest BCUT2D eigenvalue weighted by molar-refractivity contribution is -0.138. The predicted octanol–water partition coefficient (Wildman–Crippen LogP) is 6.17. The second kappa shape index (κ2) is 7.78. The third-order valence-electron chi connectivity index (χ3n) is 6.37. The van der Waals surface area contributed by atoms with Gasteiger partial charge in [-0.25, -0.2) is 0 Å². The summed E-state index contributed by atoms with van der Waals surface area (Å²) in [5, 5.41) is 0.270. The van der Waals surface area contributed by atoms with E-state index >= 15 is 0 Å². The van der Waals surface area contributed by atoms with Crippen LogP contribution in [0.3, 0.4) is 0 Å². The average Bonchev–Trinajstić information content (AvgIpc) is 3.67. The molecule has 2 N–H and O–H groups in total. The van der Waals surface area contributed by atoms with Gasteiger partial charge in [-0.05, 0) is 72.7 Å². The van der Waals surface area contributed by atoms with E-state index in [1.54, 1.807) is 12.4 Å². The molecule has 2 fully saturated rings. The topological polar surface area (TPSA) is 48.1 Å². The van der Waals surface area contributed by atoms with Gasteiger partial charge in [0.15, 0.2) is 0 Å². The average molecular weight is 459 g/mol. The molecule has 32 heavy (non-hydrogen) atoms. The van der Waals surface area contributed by atoms with Crippen molar-refractivity contribution in [3.05, 3.63) is 82.6 Å². The monoisotopic (exact) mass is 458 g/mol. The van der Waals surface area contributed by atoms with Crippen LogP contribution in [0.25, 0.3) is 11.1 Å². The maximum Gasteiger partial charge on any atom is 0.416 e. The molecule has 0 spiro atoms. The van der Waals surface area contributed by atoms with Crippen LogP contribution in [0.2, 0.25) is 5.02 Å². The summed E-state index contributed by atoms with van der Waals surface area (Å²) < 4.78 is 47.2. The fourth-order valence-corrected chi connectivity index (χ4v) is 4.64. The molecule has 1 heterocycles. The first-order valence-electron chi connectivity index (χ1n) is 10.6. The molecule has 5 rings (SSSR count). The van der Waals surface area contributed by atoms with Crippen molar-refractivity contribution in [3.8, 4) is 16.9 Å². The van der Waals surface area contributed by atoms with Crippen LogP contribution in [-0.2, 0) is 18.0 Å². The zero-order chi connectivity index (χ0) is 22.5. The minimum Gasteiger partial charge on any atom is -0.490 e. The molecule has 0 amide bonds. The zero-order valence-electron chi connectivity index (χ0n) is 17.2. The van der Waals surface area contributed by atoms with Crippen molar-refractivity contribution in [2.45, 2.75) is 49.4 Å². The second-order valence-corrected chi connectivity index (χ2v) is 9.11. The van der Waals surface area contributed by atoms with Crippen molar-refractivity contribution < 1.29 is 17.9 Å². The highest BCUT2D eigenvalue weighted by molar-refractivity contribution is 6.30. The second-order valence-electron chi connectivity index (χ2n) is 8.68. The number of alkyl halides is 3. The van der Waals surface area contributed by atoms with Gasteiger partial charge in [0, 0.05) is 34.4 Å². The number of nitrogens with zero attached hydrogens (tertiary/aromatic N) is 1. The number of para-hydroxylation sites is 1. The molecule has 2 unspecified atom stereocenters. The molecular formula is C25H22ClF3N2O. The molecule has 2 aliphatic carbocycles. The maximum absolute atomic E-state index is 13.7. The molecule has 0 aliphatic heterocycles. The minimum absolute atomic E-state index is 0.133. The van der Waals surface area contributed by atoms with Gasteiger partial charge < -0.3 is 10.5 Å². The quantitative estimate of drug-likeness (QED) is 0.480. The van der Waals surface area contributed by atoms with E-state index in [0.29, 0.717) is 6.42 Å². The number of benzene rings is 2. The molecule has 0 bridgehead atoms. The number of ether oxygens (including phenoxy) is 1. The molecule has 3 nitrogen and oxygen atoms in total. The van der Waals surface area contributed by atoms with Gasteiger partial charge in [0.2, 0.25) is 0 Å². The Hall–Kier alpha value is -2.57. The summed E-state index contributed by atoms with van der Waals surface area (Å²) in [6, 6.07) is 13.1. The fraction of sp³-hybridized carbons (Fsp3) is 0.320. The number of nitrogens with two attached hydrogens (primary N) is 1. The third-order valence-corrected chi connectivity index (χ3v) is 6.60. The standard InChI is InChI=1S/C25H22ClF3N2O/c26-16-5-8-20(25(27,28)29)15(11-16)12-24(13-23(24)30)21-14-31-10-9-18(21)19-3-1-2-4-22(19)32-17-6-7-17/h1-5,8-11,14,17,23H,6-7,12-13,30H2. The highest BCUT2D eigenvalue weighted by Gasteiger charge is 2.55. The first-order chi connectivity index (χ1) is 15.3. The Balaban J connectivity index is 1.59. The Labute approximate surface area is 189 Å². The Kier molecular flexibility index (Phi) is 5.18. The summed E-state index contributed by atoms with van der Waals surface area (Å²) in [6.07, 6.45) is 1.93. The molecule has 0 radical (unpaired) electrons. The molecule has 166 valence electrons. The minimum atomic E-state index is -4.47. The predicted molar refractivity (Wildman–Crippen MR) is 118 cm³/mol. The van der Waals surface area contributed by atoms with Gasteiger partial charge in [-0.1, -0.05) is 29.8 Å². The summed E-state index contributed by atoms with van der Waals surface area (Å²) in [4.78, 5) is 4.30. The molecule has 2 atom stereocenters. The highest BCUT2D eigenvalue weighted by Crippen LogP contribution is 2.54. The van der Waals surface area contributed by atoms with Gasteiger partial charge in [-0.15, -0.1) is 0 Å². The lowest BCUT2D eigenvalue weighted by Crippen LogP contribution is -2.24. The van der Waals surface area contributed by atoms with Crippen LogP contribution in [-0.4, -0.2) is 17.1 Å². The van der Waals surface area contributed by atoms with Crippen LogP contribution in [0.5, 0.6) is 5.75 Å². The van der Waals surface area contributed by atoms with Crippen LogP contribution in [0.15, 0.2) is 60.9 Å². The summed E-state index contributed by atoms with van der Waals surface area (Å²) in [5.41, 5.74) is 7.83. The number of rotatable bonds is 6. The van der Waals surface area contributed by atoms with Crippen molar-refractivity contribution in [1.82, 2.24) is 4.98 Å². The van der Waals surface area contributed by atoms with E-state index in [2.05, 4.69) is 4.98 Å². The van der Waals surface area contributed by atoms with Crippen molar-refractivity contribution in [2.24, 2.45) is 5.73 Å². The summed E-state index contributed by atoms with van der Waals surface area (Å²) >= 11 is 6.07. The Morgan fingerprint density at radius 3 is 2.53 bits per heavy atom. The molecular weight excluding hydrogens is 437 g/mol. The van der Waals surface area contributed by atoms with E-state index < -0.39 is 17.2 Å². The van der Waals surface area contributed by atoms with Gasteiger partial charge >= 0.3 is 6.18 Å². The summed E-state index contributed by atoms with van der Waals surface area (Å²) in [7, 11) is 0. The molecule has 0 saturated heterocycles. The zero-order valence-corrected chi connectivity index (χ0v) is 18.0. The van der Waals surface area contributed by atoms with Crippen molar-refractivity contribution in [2.75, 3.05) is 0 Å².